The number of benzene rings is 1. The van der Waals surface area contributed by atoms with Crippen molar-refractivity contribution in [2.45, 2.75) is 6.54 Å². The molecule has 3 rings (SSSR count). The maximum Gasteiger partial charge on any atom is 0.274 e. The number of hydrogen-bond donors (Lipinski definition) is 0. The maximum absolute atomic E-state index is 12.7. The standard InChI is InChI=1S/C18H19Cl2N3O2/c1-22(18(24)17-14(19)6-7-16(20)21-17)12-13-4-2-3-5-15(13)23-8-10-25-11-9-23/h2-7H,8-12H2,1H3. The van der Waals surface area contributed by atoms with Gasteiger partial charge in [-0.1, -0.05) is 41.4 Å². The summed E-state index contributed by atoms with van der Waals surface area (Å²) in [5.41, 5.74) is 2.36. The van der Waals surface area contributed by atoms with E-state index in [9.17, 15) is 4.79 Å². The first-order valence-electron chi connectivity index (χ1n) is 8.04. The fourth-order valence-electron chi connectivity index (χ4n) is 2.83. The molecule has 1 aromatic carbocycles. The van der Waals surface area contributed by atoms with Crippen molar-refractivity contribution in [2.24, 2.45) is 0 Å². The van der Waals surface area contributed by atoms with Crippen molar-refractivity contribution in [3.63, 3.8) is 0 Å². The van der Waals surface area contributed by atoms with E-state index in [0.29, 0.717) is 24.8 Å². The van der Waals surface area contributed by atoms with Crippen LogP contribution in [0.3, 0.4) is 0 Å². The lowest BCUT2D eigenvalue weighted by atomic mass is 10.1. The first kappa shape index (κ1) is 18.0. The van der Waals surface area contributed by atoms with E-state index < -0.39 is 0 Å². The minimum Gasteiger partial charge on any atom is -0.378 e. The lowest BCUT2D eigenvalue weighted by Gasteiger charge is -2.31. The molecule has 2 aromatic rings. The lowest BCUT2D eigenvalue weighted by molar-refractivity contribution is 0.0779. The number of amides is 1. The zero-order valence-electron chi connectivity index (χ0n) is 13.9. The van der Waals surface area contributed by atoms with Crippen molar-refractivity contribution in [3.05, 3.63) is 57.8 Å². The van der Waals surface area contributed by atoms with Gasteiger partial charge in [0, 0.05) is 32.4 Å². The van der Waals surface area contributed by atoms with E-state index in [1.807, 2.05) is 18.2 Å². The first-order chi connectivity index (χ1) is 12.1. The van der Waals surface area contributed by atoms with Gasteiger partial charge in [-0.15, -0.1) is 0 Å². The molecule has 5 nitrogen and oxygen atoms in total. The number of carbonyl (C=O) groups excluding carboxylic acids is 1. The van der Waals surface area contributed by atoms with Crippen LogP contribution in [0, 0.1) is 0 Å². The Labute approximate surface area is 157 Å². The van der Waals surface area contributed by atoms with E-state index in [1.165, 1.54) is 0 Å². The van der Waals surface area contributed by atoms with Crippen molar-refractivity contribution in [2.75, 3.05) is 38.3 Å². The third-order valence-corrected chi connectivity index (χ3v) is 4.63. The summed E-state index contributed by atoms with van der Waals surface area (Å²) in [5.74, 6) is -0.260. The van der Waals surface area contributed by atoms with E-state index in [0.717, 1.165) is 24.3 Å². The number of pyridine rings is 1. The monoisotopic (exact) mass is 379 g/mol. The normalized spacial score (nSPS) is 14.4. The second-order valence-corrected chi connectivity index (χ2v) is 6.65. The number of ether oxygens (including phenoxy) is 1. The first-order valence-corrected chi connectivity index (χ1v) is 8.80. The number of hydrogen-bond acceptors (Lipinski definition) is 4. The van der Waals surface area contributed by atoms with E-state index >= 15 is 0 Å². The Hall–Kier alpha value is -1.82. The highest BCUT2D eigenvalue weighted by Gasteiger charge is 2.20. The fourth-order valence-corrected chi connectivity index (χ4v) is 3.17. The number of halogens is 2. The third-order valence-electron chi connectivity index (χ3n) is 4.11. The number of anilines is 1. The van der Waals surface area contributed by atoms with Gasteiger partial charge in [-0.05, 0) is 23.8 Å². The SMILES string of the molecule is CN(Cc1ccccc1N1CCOCC1)C(=O)c1nc(Cl)ccc1Cl. The van der Waals surface area contributed by atoms with Crippen molar-refractivity contribution in [3.8, 4) is 0 Å². The number of nitrogens with zero attached hydrogens (tertiary/aromatic N) is 3. The van der Waals surface area contributed by atoms with Gasteiger partial charge < -0.3 is 14.5 Å². The van der Waals surface area contributed by atoms with Gasteiger partial charge in [0.05, 0.1) is 18.2 Å². The summed E-state index contributed by atoms with van der Waals surface area (Å²) in [6.45, 7) is 3.57. The summed E-state index contributed by atoms with van der Waals surface area (Å²) in [4.78, 5) is 20.6. The predicted octanol–water partition coefficient (Wildman–Crippen LogP) is 3.50. The molecule has 1 aliphatic heterocycles. The van der Waals surface area contributed by atoms with Gasteiger partial charge in [0.15, 0.2) is 0 Å². The fraction of sp³-hybridized carbons (Fsp3) is 0.333. The van der Waals surface area contributed by atoms with Gasteiger partial charge in [0.25, 0.3) is 5.91 Å². The molecular weight excluding hydrogens is 361 g/mol. The van der Waals surface area contributed by atoms with E-state index in [4.69, 9.17) is 27.9 Å². The van der Waals surface area contributed by atoms with Crippen LogP contribution in [0.1, 0.15) is 16.1 Å². The number of aromatic nitrogens is 1. The van der Waals surface area contributed by atoms with Gasteiger partial charge >= 0.3 is 0 Å². The Morgan fingerprint density at radius 2 is 1.92 bits per heavy atom. The van der Waals surface area contributed by atoms with Gasteiger partial charge in [-0.2, -0.15) is 0 Å². The van der Waals surface area contributed by atoms with Crippen molar-refractivity contribution < 1.29 is 9.53 Å². The average Bonchev–Trinajstić information content (AvgIpc) is 2.64. The molecule has 1 saturated heterocycles. The molecule has 1 aliphatic rings. The van der Waals surface area contributed by atoms with Crippen LogP contribution in [0.5, 0.6) is 0 Å². The van der Waals surface area contributed by atoms with Crippen LogP contribution in [0.25, 0.3) is 0 Å². The topological polar surface area (TPSA) is 45.7 Å². The van der Waals surface area contributed by atoms with Crippen molar-refractivity contribution >= 4 is 34.8 Å². The molecule has 0 unspecified atom stereocenters. The smallest absolute Gasteiger partial charge is 0.274 e. The Balaban J connectivity index is 1.80. The molecular formula is C18H19Cl2N3O2. The zero-order chi connectivity index (χ0) is 17.8. The molecule has 0 atom stereocenters. The second kappa shape index (κ2) is 8.04. The molecule has 7 heteroatoms. The molecule has 1 fully saturated rings. The van der Waals surface area contributed by atoms with Crippen molar-refractivity contribution in [1.29, 1.82) is 0 Å². The second-order valence-electron chi connectivity index (χ2n) is 5.85. The van der Waals surface area contributed by atoms with Crippen molar-refractivity contribution in [1.82, 2.24) is 9.88 Å². The molecule has 0 bridgehead atoms. The summed E-state index contributed by atoms with van der Waals surface area (Å²) in [6, 6.07) is 11.2. The number of morpholine rings is 1. The molecule has 1 amide bonds. The molecule has 0 spiro atoms. The van der Waals surface area contributed by atoms with Gasteiger partial charge in [-0.25, -0.2) is 4.98 Å². The highest BCUT2D eigenvalue weighted by molar-refractivity contribution is 6.34. The number of para-hydroxylation sites is 1. The number of rotatable bonds is 4. The molecule has 0 N–H and O–H groups in total. The number of carbonyl (C=O) groups is 1. The molecule has 1 aromatic heterocycles. The van der Waals surface area contributed by atoms with Crippen LogP contribution >= 0.6 is 23.2 Å². The molecule has 132 valence electrons. The van der Waals surface area contributed by atoms with E-state index in [1.54, 1.807) is 24.1 Å². The molecule has 0 saturated carbocycles. The van der Waals surface area contributed by atoms with E-state index in [-0.39, 0.29) is 16.8 Å². The Kier molecular flexibility index (Phi) is 5.78. The average molecular weight is 380 g/mol. The van der Waals surface area contributed by atoms with Gasteiger partial charge in [-0.3, -0.25) is 4.79 Å². The minimum atomic E-state index is -0.260. The zero-order valence-corrected chi connectivity index (χ0v) is 15.4. The summed E-state index contributed by atoms with van der Waals surface area (Å²) < 4.78 is 5.42. The Morgan fingerprint density at radius 1 is 1.20 bits per heavy atom. The van der Waals surface area contributed by atoms with Crippen LogP contribution in [-0.4, -0.2) is 49.1 Å². The van der Waals surface area contributed by atoms with Crippen LogP contribution in [0.2, 0.25) is 10.2 Å². The molecule has 2 heterocycles. The van der Waals surface area contributed by atoms with Crippen LogP contribution in [0.4, 0.5) is 5.69 Å². The summed E-state index contributed by atoms with van der Waals surface area (Å²) in [5, 5.41) is 0.539. The van der Waals surface area contributed by atoms with Crippen LogP contribution < -0.4 is 4.90 Å². The quantitative estimate of drug-likeness (QED) is 0.762. The molecule has 25 heavy (non-hydrogen) atoms. The predicted molar refractivity (Wildman–Crippen MR) is 99.5 cm³/mol. The highest BCUT2D eigenvalue weighted by Crippen LogP contribution is 2.24. The minimum absolute atomic E-state index is 0.167. The van der Waals surface area contributed by atoms with Gasteiger partial charge in [0.1, 0.15) is 10.8 Å². The van der Waals surface area contributed by atoms with E-state index in [2.05, 4.69) is 16.0 Å². The van der Waals surface area contributed by atoms with Gasteiger partial charge in [0.2, 0.25) is 0 Å². The highest BCUT2D eigenvalue weighted by atomic mass is 35.5. The molecule has 0 aliphatic carbocycles. The third kappa shape index (κ3) is 4.24. The molecule has 0 radical (unpaired) electrons. The maximum atomic E-state index is 12.7. The Bertz CT molecular complexity index is 764. The largest absolute Gasteiger partial charge is 0.378 e. The summed E-state index contributed by atoms with van der Waals surface area (Å²) >= 11 is 12.0. The summed E-state index contributed by atoms with van der Waals surface area (Å²) in [7, 11) is 1.73. The summed E-state index contributed by atoms with van der Waals surface area (Å²) in [6.07, 6.45) is 0. The van der Waals surface area contributed by atoms with Crippen LogP contribution in [-0.2, 0) is 11.3 Å². The Morgan fingerprint density at radius 3 is 2.68 bits per heavy atom. The lowest BCUT2D eigenvalue weighted by Crippen LogP contribution is -2.37. The van der Waals surface area contributed by atoms with Crippen LogP contribution in [0.15, 0.2) is 36.4 Å².